The Labute approximate surface area is 265 Å². The van der Waals surface area contributed by atoms with Gasteiger partial charge in [0.15, 0.2) is 17.5 Å². The molecule has 46 heavy (non-hydrogen) atoms. The topological polar surface area (TPSA) is 62.5 Å². The fraction of sp³-hybridized carbons (Fsp3) is 0. The van der Waals surface area contributed by atoms with E-state index >= 15 is 0 Å². The van der Waals surface area contributed by atoms with Crippen molar-refractivity contribution >= 4 is 21.5 Å². The predicted octanol–water partition coefficient (Wildman–Crippen LogP) is 10.4. The lowest BCUT2D eigenvalue weighted by molar-refractivity contribution is 1.08. The summed E-state index contributed by atoms with van der Waals surface area (Å²) in [7, 11) is 0. The lowest BCUT2D eigenvalue weighted by Crippen LogP contribution is -2.01. The highest BCUT2D eigenvalue weighted by Gasteiger charge is 2.26. The van der Waals surface area contributed by atoms with Gasteiger partial charge in [-0.1, -0.05) is 133 Å². The number of hydrogen-bond acceptors (Lipinski definition) is 4. The maximum Gasteiger partial charge on any atom is 0.164 e. The second-order valence-corrected chi connectivity index (χ2v) is 11.5. The van der Waals surface area contributed by atoms with Crippen molar-refractivity contribution in [2.75, 3.05) is 0 Å². The molecular weight excluding hydrogens is 560 g/mol. The van der Waals surface area contributed by atoms with E-state index in [2.05, 4.69) is 66.7 Å². The molecule has 0 atom stereocenters. The molecule has 0 radical (unpaired) electrons. The van der Waals surface area contributed by atoms with Crippen molar-refractivity contribution in [1.29, 1.82) is 5.26 Å². The van der Waals surface area contributed by atoms with Gasteiger partial charge < -0.3 is 0 Å². The summed E-state index contributed by atoms with van der Waals surface area (Å²) in [4.78, 5) is 15.2. The Hall–Kier alpha value is -6.44. The summed E-state index contributed by atoms with van der Waals surface area (Å²) in [5.41, 5.74) is 10.4. The smallest absolute Gasteiger partial charge is 0.164 e. The first-order chi connectivity index (χ1) is 22.8. The maximum atomic E-state index is 9.91. The number of benzene rings is 7. The first-order valence-corrected chi connectivity index (χ1v) is 15.3. The molecule has 7 aromatic carbocycles. The number of aromatic nitrogens is 3. The highest BCUT2D eigenvalue weighted by atomic mass is 15.0. The summed E-state index contributed by atoms with van der Waals surface area (Å²) in [6.45, 7) is 0. The molecule has 0 bridgehead atoms. The molecule has 0 amide bonds. The SMILES string of the molecule is N#Cc1ccc(-c2ccc3c4c(ccc(-c5nc(-c6ccccc6)nc(-c6ccccc6)n5)c24)-c2ccccc2-3)c2ccccc12. The van der Waals surface area contributed by atoms with Crippen molar-refractivity contribution in [2.24, 2.45) is 0 Å². The minimum atomic E-state index is 0.617. The lowest BCUT2D eigenvalue weighted by Gasteiger charge is -2.16. The van der Waals surface area contributed by atoms with E-state index in [4.69, 9.17) is 15.0 Å². The Morgan fingerprint density at radius 3 is 1.37 bits per heavy atom. The fourth-order valence-electron chi connectivity index (χ4n) is 6.87. The van der Waals surface area contributed by atoms with Crippen molar-refractivity contribution in [3.63, 3.8) is 0 Å². The molecule has 1 aliphatic carbocycles. The van der Waals surface area contributed by atoms with Gasteiger partial charge in [0.05, 0.1) is 11.6 Å². The number of hydrogen-bond donors (Lipinski definition) is 0. The van der Waals surface area contributed by atoms with Gasteiger partial charge in [0, 0.05) is 27.5 Å². The summed E-state index contributed by atoms with van der Waals surface area (Å²) in [5, 5.41) is 14.2. The van der Waals surface area contributed by atoms with E-state index in [0.717, 1.165) is 44.0 Å². The van der Waals surface area contributed by atoms with Gasteiger partial charge in [0.2, 0.25) is 0 Å². The highest BCUT2D eigenvalue weighted by Crippen LogP contribution is 2.52. The number of fused-ring (bicyclic) bond motifs is 4. The quantitative estimate of drug-likeness (QED) is 0.206. The number of nitrogens with zero attached hydrogens (tertiary/aromatic N) is 4. The zero-order valence-electron chi connectivity index (χ0n) is 24.6. The lowest BCUT2D eigenvalue weighted by atomic mass is 9.88. The maximum absolute atomic E-state index is 9.91. The van der Waals surface area contributed by atoms with E-state index in [9.17, 15) is 5.26 Å². The molecule has 1 aliphatic rings. The highest BCUT2D eigenvalue weighted by molar-refractivity contribution is 6.23. The summed E-state index contributed by atoms with van der Waals surface area (Å²) in [5.74, 6) is 1.87. The molecular formula is C42H24N4. The van der Waals surface area contributed by atoms with E-state index < -0.39 is 0 Å². The van der Waals surface area contributed by atoms with Crippen LogP contribution >= 0.6 is 0 Å². The molecule has 1 heterocycles. The van der Waals surface area contributed by atoms with Crippen molar-refractivity contribution in [2.45, 2.75) is 0 Å². The largest absolute Gasteiger partial charge is 0.208 e. The number of rotatable bonds is 4. The van der Waals surface area contributed by atoms with Crippen LogP contribution in [0.5, 0.6) is 0 Å². The first-order valence-electron chi connectivity index (χ1n) is 15.3. The monoisotopic (exact) mass is 584 g/mol. The molecule has 212 valence electrons. The van der Waals surface area contributed by atoms with Crippen LogP contribution in [0.1, 0.15) is 5.56 Å². The molecule has 4 heteroatoms. The molecule has 0 unspecified atom stereocenters. The molecule has 1 aromatic heterocycles. The van der Waals surface area contributed by atoms with Crippen LogP contribution in [0, 0.1) is 11.3 Å². The van der Waals surface area contributed by atoms with Crippen LogP contribution in [0.4, 0.5) is 0 Å². The van der Waals surface area contributed by atoms with Crippen LogP contribution in [0.3, 0.4) is 0 Å². The summed E-state index contributed by atoms with van der Waals surface area (Å²) in [6.07, 6.45) is 0. The first kappa shape index (κ1) is 26.0. The van der Waals surface area contributed by atoms with E-state index in [1.807, 2.05) is 84.9 Å². The van der Waals surface area contributed by atoms with Crippen LogP contribution < -0.4 is 0 Å². The standard InChI is InChI=1S/C42H24N4/c43-25-28-19-20-33(30-16-8-7-15-29(28)30)36-22-21-34-31-17-9-10-18-32(31)35-23-24-37(39(36)38(34)35)42-45-40(26-11-3-1-4-12-26)44-41(46-42)27-13-5-2-6-14-27/h1-24H. The van der Waals surface area contributed by atoms with Crippen LogP contribution in [0.25, 0.3) is 89.1 Å². The zero-order chi connectivity index (χ0) is 30.6. The Morgan fingerprint density at radius 2 is 0.783 bits per heavy atom. The molecule has 0 N–H and O–H groups in total. The van der Waals surface area contributed by atoms with E-state index in [0.29, 0.717) is 23.0 Å². The number of nitriles is 1. The van der Waals surface area contributed by atoms with Gasteiger partial charge in [-0.25, -0.2) is 15.0 Å². The van der Waals surface area contributed by atoms with Crippen LogP contribution in [0.2, 0.25) is 0 Å². The summed E-state index contributed by atoms with van der Waals surface area (Å²) >= 11 is 0. The van der Waals surface area contributed by atoms with Gasteiger partial charge in [-0.2, -0.15) is 5.26 Å². The fourth-order valence-corrected chi connectivity index (χ4v) is 6.87. The van der Waals surface area contributed by atoms with Gasteiger partial charge in [-0.15, -0.1) is 0 Å². The van der Waals surface area contributed by atoms with Crippen LogP contribution in [-0.4, -0.2) is 15.0 Å². The van der Waals surface area contributed by atoms with E-state index in [-0.39, 0.29) is 0 Å². The molecule has 0 fully saturated rings. The average Bonchev–Trinajstić information content (AvgIpc) is 3.46. The third-order valence-electron chi connectivity index (χ3n) is 8.94. The van der Waals surface area contributed by atoms with Gasteiger partial charge in [0.1, 0.15) is 0 Å². The Bertz CT molecular complexity index is 2440. The van der Waals surface area contributed by atoms with Crippen molar-refractivity contribution in [3.8, 4) is 73.6 Å². The Kier molecular flexibility index (Phi) is 5.84. The summed E-state index contributed by atoms with van der Waals surface area (Å²) < 4.78 is 0. The third kappa shape index (κ3) is 3.96. The van der Waals surface area contributed by atoms with Gasteiger partial charge in [-0.05, 0) is 56.3 Å². The Morgan fingerprint density at radius 1 is 0.348 bits per heavy atom. The third-order valence-corrected chi connectivity index (χ3v) is 8.94. The molecule has 0 saturated heterocycles. The van der Waals surface area contributed by atoms with Gasteiger partial charge >= 0.3 is 0 Å². The van der Waals surface area contributed by atoms with Crippen molar-refractivity contribution in [1.82, 2.24) is 15.0 Å². The minimum Gasteiger partial charge on any atom is -0.208 e. The van der Waals surface area contributed by atoms with E-state index in [1.165, 1.54) is 27.6 Å². The normalized spacial score (nSPS) is 11.5. The minimum absolute atomic E-state index is 0.617. The second kappa shape index (κ2) is 10.3. The predicted molar refractivity (Wildman–Crippen MR) is 186 cm³/mol. The van der Waals surface area contributed by atoms with Crippen LogP contribution in [-0.2, 0) is 0 Å². The zero-order valence-corrected chi connectivity index (χ0v) is 24.6. The molecule has 0 saturated carbocycles. The van der Waals surface area contributed by atoms with Gasteiger partial charge in [0.25, 0.3) is 0 Å². The molecule has 9 rings (SSSR count). The molecule has 0 spiro atoms. The molecule has 0 aliphatic heterocycles. The summed E-state index contributed by atoms with van der Waals surface area (Å²) in [6, 6.07) is 52.1. The van der Waals surface area contributed by atoms with Crippen LogP contribution in [0.15, 0.2) is 146 Å². The average molecular weight is 585 g/mol. The molecule has 8 aromatic rings. The Balaban J connectivity index is 1.40. The van der Waals surface area contributed by atoms with E-state index in [1.54, 1.807) is 0 Å². The molecule has 4 nitrogen and oxygen atoms in total. The van der Waals surface area contributed by atoms with Crippen molar-refractivity contribution < 1.29 is 0 Å². The van der Waals surface area contributed by atoms with Gasteiger partial charge in [-0.3, -0.25) is 0 Å². The van der Waals surface area contributed by atoms with Crippen molar-refractivity contribution in [3.05, 3.63) is 151 Å². The second-order valence-electron chi connectivity index (χ2n) is 11.5.